The van der Waals surface area contributed by atoms with Crippen molar-refractivity contribution < 1.29 is 24.5 Å². The van der Waals surface area contributed by atoms with Crippen LogP contribution in [0.15, 0.2) is 0 Å². The smallest absolute Gasteiger partial charge is 0.217 e. The number of rotatable bonds is 9. The Balaban J connectivity index is 3.24. The Bertz CT molecular complexity index is 445. The molecule has 0 spiro atoms. The van der Waals surface area contributed by atoms with Gasteiger partial charge in [0.1, 0.15) is 6.04 Å². The zero-order valence-corrected chi connectivity index (χ0v) is 17.5. The average molecular weight is 374 g/mol. The molecule has 1 saturated heterocycles. The van der Waals surface area contributed by atoms with Crippen molar-refractivity contribution in [2.45, 2.75) is 104 Å². The summed E-state index contributed by atoms with van der Waals surface area (Å²) in [6, 6.07) is -0.671. The van der Waals surface area contributed by atoms with Crippen LogP contribution in [0.2, 0.25) is 0 Å². The van der Waals surface area contributed by atoms with Gasteiger partial charge >= 0.3 is 0 Å². The first-order valence-electron chi connectivity index (χ1n) is 10.0. The van der Waals surface area contributed by atoms with Crippen LogP contribution in [0.25, 0.3) is 0 Å². The van der Waals surface area contributed by atoms with E-state index in [-0.39, 0.29) is 23.8 Å². The number of hydrogen-bond acceptors (Lipinski definition) is 5. The molecule has 0 aromatic carbocycles. The number of carbonyl (C=O) groups excluding carboxylic acids is 1. The Morgan fingerprint density at radius 2 is 1.65 bits per heavy atom. The van der Waals surface area contributed by atoms with Crippen molar-refractivity contribution in [1.82, 2.24) is 5.32 Å². The highest BCUT2D eigenvalue weighted by atomic mass is 16.7. The van der Waals surface area contributed by atoms with Gasteiger partial charge in [0.05, 0.1) is 24.4 Å². The van der Waals surface area contributed by atoms with Crippen molar-refractivity contribution in [1.29, 1.82) is 0 Å². The van der Waals surface area contributed by atoms with Crippen molar-refractivity contribution in [3.05, 3.63) is 0 Å². The summed E-state index contributed by atoms with van der Waals surface area (Å²) in [6.45, 7) is 13.5. The van der Waals surface area contributed by atoms with E-state index in [0.29, 0.717) is 0 Å². The van der Waals surface area contributed by atoms with E-state index in [2.05, 4.69) is 26.1 Å². The summed E-state index contributed by atoms with van der Waals surface area (Å²) >= 11 is 0. The quantitative estimate of drug-likeness (QED) is 0.578. The van der Waals surface area contributed by atoms with Gasteiger partial charge in [-0.25, -0.2) is 0 Å². The van der Waals surface area contributed by atoms with Gasteiger partial charge in [-0.05, 0) is 25.2 Å². The normalized spacial score (nSPS) is 30.3. The van der Waals surface area contributed by atoms with E-state index in [1.165, 1.54) is 6.92 Å². The molecule has 0 bridgehead atoms. The van der Waals surface area contributed by atoms with Crippen molar-refractivity contribution in [3.63, 3.8) is 0 Å². The number of aliphatic hydroxyl groups excluding tert-OH is 2. The summed E-state index contributed by atoms with van der Waals surface area (Å²) in [4.78, 5) is 11.8. The number of carbonyl (C=O) groups is 1. The van der Waals surface area contributed by atoms with Crippen molar-refractivity contribution >= 4 is 5.91 Å². The number of amides is 1. The van der Waals surface area contributed by atoms with Crippen LogP contribution in [0.1, 0.15) is 74.1 Å². The van der Waals surface area contributed by atoms with E-state index in [0.717, 1.165) is 25.7 Å². The first kappa shape index (κ1) is 23.3. The number of ether oxygens (including phenoxy) is 2. The lowest BCUT2D eigenvalue weighted by Gasteiger charge is -2.52. The molecule has 1 heterocycles. The molecule has 1 aliphatic rings. The standard InChI is InChI=1S/C20H39NO5/c1-8-19(6,9-2)15-14(12-22)25-18(26-20(7,10-3)11-4)16(17(15)24)21-13(5)23/h14-18,22,24H,8-12H2,1-7H3,(H,21,23). The lowest BCUT2D eigenvalue weighted by atomic mass is 9.65. The monoisotopic (exact) mass is 373 g/mol. The molecule has 0 saturated carbocycles. The summed E-state index contributed by atoms with van der Waals surface area (Å²) in [7, 11) is 0. The third-order valence-electron chi connectivity index (χ3n) is 6.60. The largest absolute Gasteiger partial charge is 0.394 e. The second-order valence-electron chi connectivity index (χ2n) is 8.10. The van der Waals surface area contributed by atoms with Gasteiger partial charge < -0.3 is 25.0 Å². The first-order chi connectivity index (χ1) is 12.1. The molecule has 1 rings (SSSR count). The summed E-state index contributed by atoms with van der Waals surface area (Å²) in [5.74, 6) is -0.537. The molecule has 0 radical (unpaired) electrons. The fraction of sp³-hybridized carbons (Fsp3) is 0.950. The summed E-state index contributed by atoms with van der Waals surface area (Å²) in [5.41, 5.74) is -0.639. The maximum absolute atomic E-state index is 11.8. The molecule has 154 valence electrons. The van der Waals surface area contributed by atoms with E-state index >= 15 is 0 Å². The van der Waals surface area contributed by atoms with Crippen LogP contribution >= 0.6 is 0 Å². The number of nitrogens with one attached hydrogen (secondary N) is 1. The predicted octanol–water partition coefficient (Wildman–Crippen LogP) is 2.61. The maximum Gasteiger partial charge on any atom is 0.217 e. The molecule has 26 heavy (non-hydrogen) atoms. The van der Waals surface area contributed by atoms with Crippen LogP contribution in [0.4, 0.5) is 0 Å². The lowest BCUT2D eigenvalue weighted by molar-refractivity contribution is -0.301. The van der Waals surface area contributed by atoms with E-state index in [1.54, 1.807) is 0 Å². The zero-order chi connectivity index (χ0) is 20.1. The van der Waals surface area contributed by atoms with Crippen LogP contribution in [0, 0.1) is 11.3 Å². The highest BCUT2D eigenvalue weighted by molar-refractivity contribution is 5.73. The van der Waals surface area contributed by atoms with E-state index < -0.39 is 30.1 Å². The Kier molecular flexibility index (Phi) is 8.52. The molecule has 1 fully saturated rings. The van der Waals surface area contributed by atoms with Gasteiger partial charge in [0.25, 0.3) is 0 Å². The molecule has 1 amide bonds. The molecule has 5 unspecified atom stereocenters. The summed E-state index contributed by atoms with van der Waals surface area (Å²) < 4.78 is 12.3. The molecule has 0 aromatic rings. The van der Waals surface area contributed by atoms with Gasteiger partial charge in [-0.2, -0.15) is 0 Å². The molecular formula is C20H39NO5. The fourth-order valence-electron chi connectivity index (χ4n) is 3.87. The third-order valence-corrected chi connectivity index (χ3v) is 6.60. The Morgan fingerprint density at radius 1 is 1.12 bits per heavy atom. The fourth-order valence-corrected chi connectivity index (χ4v) is 3.87. The van der Waals surface area contributed by atoms with Gasteiger partial charge in [0.15, 0.2) is 6.29 Å². The number of hydrogen-bond donors (Lipinski definition) is 3. The molecular weight excluding hydrogens is 334 g/mol. The van der Waals surface area contributed by atoms with E-state index in [9.17, 15) is 15.0 Å². The molecule has 6 nitrogen and oxygen atoms in total. The molecule has 0 aliphatic carbocycles. The first-order valence-corrected chi connectivity index (χ1v) is 10.0. The summed E-state index contributed by atoms with van der Waals surface area (Å²) in [6.07, 6.45) is 1.03. The van der Waals surface area contributed by atoms with Crippen LogP contribution in [-0.2, 0) is 14.3 Å². The van der Waals surface area contributed by atoms with Crippen molar-refractivity contribution in [2.75, 3.05) is 6.61 Å². The van der Waals surface area contributed by atoms with Crippen molar-refractivity contribution in [2.24, 2.45) is 11.3 Å². The van der Waals surface area contributed by atoms with Crippen LogP contribution in [-0.4, -0.2) is 52.9 Å². The minimum Gasteiger partial charge on any atom is -0.394 e. The average Bonchev–Trinajstić information content (AvgIpc) is 2.63. The topological polar surface area (TPSA) is 88.0 Å². The molecule has 1 aliphatic heterocycles. The van der Waals surface area contributed by atoms with Gasteiger partial charge in [-0.3, -0.25) is 4.79 Å². The van der Waals surface area contributed by atoms with Gasteiger partial charge in [-0.1, -0.05) is 47.5 Å². The SMILES string of the molecule is CCC(C)(CC)OC1OC(CO)C(C(C)(CC)CC)C(O)C1NC(C)=O. The van der Waals surface area contributed by atoms with Gasteiger partial charge in [0, 0.05) is 12.8 Å². The molecule has 0 aromatic heterocycles. The van der Waals surface area contributed by atoms with Crippen LogP contribution in [0.3, 0.4) is 0 Å². The van der Waals surface area contributed by atoms with E-state index in [1.807, 2.05) is 20.8 Å². The zero-order valence-electron chi connectivity index (χ0n) is 17.5. The number of aliphatic hydroxyl groups is 2. The minimum atomic E-state index is -0.863. The molecule has 5 atom stereocenters. The third kappa shape index (κ3) is 4.97. The van der Waals surface area contributed by atoms with Gasteiger partial charge in [-0.15, -0.1) is 0 Å². The van der Waals surface area contributed by atoms with Crippen LogP contribution in [0.5, 0.6) is 0 Å². The maximum atomic E-state index is 11.8. The molecule has 6 heteroatoms. The predicted molar refractivity (Wildman–Crippen MR) is 102 cm³/mol. The Labute approximate surface area is 158 Å². The highest BCUT2D eigenvalue weighted by Crippen LogP contribution is 2.44. The highest BCUT2D eigenvalue weighted by Gasteiger charge is 2.52. The van der Waals surface area contributed by atoms with E-state index in [4.69, 9.17) is 9.47 Å². The Hall–Kier alpha value is -0.690. The molecule has 3 N–H and O–H groups in total. The second-order valence-corrected chi connectivity index (χ2v) is 8.10. The second kappa shape index (κ2) is 9.49. The van der Waals surface area contributed by atoms with Gasteiger partial charge in [0.2, 0.25) is 5.91 Å². The Morgan fingerprint density at radius 3 is 2.04 bits per heavy atom. The van der Waals surface area contributed by atoms with Crippen molar-refractivity contribution in [3.8, 4) is 0 Å². The summed E-state index contributed by atoms with van der Waals surface area (Å²) in [5, 5.41) is 24.0. The minimum absolute atomic E-state index is 0.196. The van der Waals surface area contributed by atoms with Crippen LogP contribution < -0.4 is 5.32 Å². The lowest BCUT2D eigenvalue weighted by Crippen LogP contribution is -2.66.